The number of para-hydroxylation sites is 1. The predicted molar refractivity (Wildman–Crippen MR) is 146 cm³/mol. The fraction of sp³-hybridized carbons (Fsp3) is 0.345. The van der Waals surface area contributed by atoms with E-state index in [1.807, 2.05) is 38.2 Å². The topological polar surface area (TPSA) is 80.8 Å². The van der Waals surface area contributed by atoms with Gasteiger partial charge in [0.05, 0.1) is 11.1 Å². The van der Waals surface area contributed by atoms with E-state index in [4.69, 9.17) is 9.40 Å². The van der Waals surface area contributed by atoms with Crippen LogP contribution in [0.15, 0.2) is 47.1 Å². The monoisotopic (exact) mass is 498 g/mol. The van der Waals surface area contributed by atoms with Crippen molar-refractivity contribution in [2.45, 2.75) is 52.5 Å². The van der Waals surface area contributed by atoms with E-state index < -0.39 is 0 Å². The second-order valence-electron chi connectivity index (χ2n) is 10.2. The molecule has 1 saturated carbocycles. The van der Waals surface area contributed by atoms with Gasteiger partial charge >= 0.3 is 0 Å². The fourth-order valence-electron chi connectivity index (χ4n) is 5.77. The lowest BCUT2D eigenvalue weighted by atomic mass is 9.87. The molecule has 7 nitrogen and oxygen atoms in total. The van der Waals surface area contributed by atoms with E-state index in [-0.39, 0.29) is 11.8 Å². The molecule has 3 heterocycles. The lowest BCUT2D eigenvalue weighted by Gasteiger charge is -2.29. The molecule has 0 saturated heterocycles. The third-order valence-corrected chi connectivity index (χ3v) is 7.73. The van der Waals surface area contributed by atoms with Gasteiger partial charge in [-0.3, -0.25) is 0 Å². The quantitative estimate of drug-likeness (QED) is 0.261. The second kappa shape index (κ2) is 9.18. The van der Waals surface area contributed by atoms with E-state index in [1.165, 1.54) is 12.8 Å². The average Bonchev–Trinajstić information content (AvgIpc) is 3.44. The van der Waals surface area contributed by atoms with Gasteiger partial charge in [-0.15, -0.1) is 0 Å². The van der Waals surface area contributed by atoms with Gasteiger partial charge < -0.3 is 19.6 Å². The molecule has 0 atom stereocenters. The minimum atomic E-state index is -0.383. The number of nitrogens with one attached hydrogen (secondary N) is 2. The van der Waals surface area contributed by atoms with Crippen LogP contribution in [0.2, 0.25) is 0 Å². The summed E-state index contributed by atoms with van der Waals surface area (Å²) in [5, 5.41) is 7.15. The Labute approximate surface area is 215 Å². The third-order valence-electron chi connectivity index (χ3n) is 7.73. The van der Waals surface area contributed by atoms with Crippen LogP contribution in [-0.4, -0.2) is 26.6 Å². The Bertz CT molecular complexity index is 1610. The van der Waals surface area contributed by atoms with Crippen LogP contribution in [0.1, 0.15) is 49.9 Å². The van der Waals surface area contributed by atoms with Crippen LogP contribution < -0.4 is 10.6 Å². The van der Waals surface area contributed by atoms with E-state index in [2.05, 4.69) is 39.0 Å². The molecule has 1 aliphatic rings. The van der Waals surface area contributed by atoms with Crippen LogP contribution >= 0.6 is 0 Å². The summed E-state index contributed by atoms with van der Waals surface area (Å²) < 4.78 is 23.7. The molecule has 0 aliphatic heterocycles. The Hall–Kier alpha value is -3.94. The molecule has 2 N–H and O–H groups in total. The van der Waals surface area contributed by atoms with Crippen molar-refractivity contribution in [1.82, 2.24) is 19.5 Å². The Morgan fingerprint density at radius 1 is 1.05 bits per heavy atom. The number of hydrogen-bond donors (Lipinski definition) is 2. The van der Waals surface area contributed by atoms with Crippen molar-refractivity contribution in [3.63, 3.8) is 0 Å². The zero-order chi connectivity index (χ0) is 25.7. The number of nitrogens with zero attached hydrogens (tertiary/aromatic N) is 4. The molecule has 0 spiro atoms. The van der Waals surface area contributed by atoms with E-state index in [9.17, 15) is 0 Å². The highest BCUT2D eigenvalue weighted by molar-refractivity contribution is 6.03. The van der Waals surface area contributed by atoms with Crippen molar-refractivity contribution < 1.29 is 8.81 Å². The fourth-order valence-corrected chi connectivity index (χ4v) is 5.77. The van der Waals surface area contributed by atoms with Crippen molar-refractivity contribution in [1.29, 1.82) is 0 Å². The normalized spacial score (nSPS) is 18.0. The van der Waals surface area contributed by atoms with Gasteiger partial charge in [-0.1, -0.05) is 25.1 Å². The van der Waals surface area contributed by atoms with Crippen LogP contribution in [0.4, 0.5) is 21.9 Å². The summed E-state index contributed by atoms with van der Waals surface area (Å²) in [6.45, 7) is 6.39. The van der Waals surface area contributed by atoms with Gasteiger partial charge in [-0.2, -0.15) is 4.98 Å². The van der Waals surface area contributed by atoms with Gasteiger partial charge in [0.15, 0.2) is 5.58 Å². The van der Waals surface area contributed by atoms with Gasteiger partial charge in [-0.05, 0) is 74.8 Å². The molecule has 1 fully saturated rings. The molecule has 3 aromatic heterocycles. The largest absolute Gasteiger partial charge is 0.423 e. The second-order valence-corrected chi connectivity index (χ2v) is 10.2. The van der Waals surface area contributed by atoms with Crippen LogP contribution in [0, 0.1) is 25.6 Å². The Kier molecular flexibility index (Phi) is 5.82. The van der Waals surface area contributed by atoms with Gasteiger partial charge in [-0.25, -0.2) is 14.4 Å². The first-order valence-corrected chi connectivity index (χ1v) is 12.9. The van der Waals surface area contributed by atoms with Crippen LogP contribution in [0.25, 0.3) is 33.3 Å². The SMILES string of the molecule is CNc1ncnc2c1c(-c1ccc(Nc3nc4cccc(C)c4o3)c(F)c1)c(C)n2C1CCC(C)CC1. The Balaban J connectivity index is 1.42. The summed E-state index contributed by atoms with van der Waals surface area (Å²) in [5.41, 5.74) is 6.45. The number of aromatic nitrogens is 4. The molecule has 2 aromatic carbocycles. The Morgan fingerprint density at radius 3 is 2.59 bits per heavy atom. The molecule has 0 radical (unpaired) electrons. The number of hydrogen-bond acceptors (Lipinski definition) is 6. The van der Waals surface area contributed by atoms with Gasteiger partial charge in [0.1, 0.15) is 29.1 Å². The zero-order valence-electron chi connectivity index (χ0n) is 21.6. The van der Waals surface area contributed by atoms with E-state index in [0.29, 0.717) is 17.3 Å². The highest BCUT2D eigenvalue weighted by atomic mass is 19.1. The van der Waals surface area contributed by atoms with Gasteiger partial charge in [0, 0.05) is 24.3 Å². The summed E-state index contributed by atoms with van der Waals surface area (Å²) in [5.74, 6) is 1.11. The molecule has 190 valence electrons. The molecule has 0 bridgehead atoms. The van der Waals surface area contributed by atoms with Crippen LogP contribution in [-0.2, 0) is 0 Å². The number of oxazole rings is 1. The minimum absolute atomic E-state index is 0.265. The van der Waals surface area contributed by atoms with Crippen LogP contribution in [0.5, 0.6) is 0 Å². The molecule has 0 unspecified atom stereocenters. The number of rotatable bonds is 5. The molecule has 37 heavy (non-hydrogen) atoms. The summed E-state index contributed by atoms with van der Waals surface area (Å²) in [4.78, 5) is 13.6. The van der Waals surface area contributed by atoms with Crippen LogP contribution in [0.3, 0.4) is 0 Å². The maximum absolute atomic E-state index is 15.5. The highest BCUT2D eigenvalue weighted by Gasteiger charge is 2.27. The third kappa shape index (κ3) is 4.00. The molecular formula is C29H31FN6O. The minimum Gasteiger partial charge on any atom is -0.423 e. The zero-order valence-corrected chi connectivity index (χ0v) is 21.6. The standard InChI is InChI=1S/C29H31FN6O/c1-16-8-11-20(12-9-16)36-18(3)24(25-27(31-4)32-15-33-28(25)36)19-10-13-22(21(30)14-19)34-29-35-23-7-5-6-17(2)26(23)37-29/h5-7,10,13-16,20H,8-9,11-12H2,1-4H3,(H,34,35)(H,31,32,33). The molecule has 0 amide bonds. The van der Waals surface area contributed by atoms with E-state index >= 15 is 4.39 Å². The van der Waals surface area contributed by atoms with Crippen molar-refractivity contribution >= 4 is 39.7 Å². The molecule has 1 aliphatic carbocycles. The van der Waals surface area contributed by atoms with Crippen molar-refractivity contribution in [2.75, 3.05) is 17.7 Å². The van der Waals surface area contributed by atoms with E-state index in [1.54, 1.807) is 18.5 Å². The number of halogens is 1. The van der Waals surface area contributed by atoms with Crippen molar-refractivity contribution in [3.05, 3.63) is 59.8 Å². The summed E-state index contributed by atoms with van der Waals surface area (Å²) >= 11 is 0. The Morgan fingerprint density at radius 2 is 1.86 bits per heavy atom. The van der Waals surface area contributed by atoms with Gasteiger partial charge in [0.25, 0.3) is 6.01 Å². The summed E-state index contributed by atoms with van der Waals surface area (Å²) in [7, 11) is 1.86. The summed E-state index contributed by atoms with van der Waals surface area (Å²) in [6.07, 6.45) is 6.24. The average molecular weight is 499 g/mol. The maximum Gasteiger partial charge on any atom is 0.300 e. The van der Waals surface area contributed by atoms with Gasteiger partial charge in [0.2, 0.25) is 0 Å². The summed E-state index contributed by atoms with van der Waals surface area (Å²) in [6, 6.07) is 11.6. The number of aryl methyl sites for hydroxylation is 1. The molecular weight excluding hydrogens is 467 g/mol. The van der Waals surface area contributed by atoms with Crippen molar-refractivity contribution in [3.8, 4) is 11.1 Å². The number of fused-ring (bicyclic) bond motifs is 2. The smallest absolute Gasteiger partial charge is 0.300 e. The van der Waals surface area contributed by atoms with Crippen molar-refractivity contribution in [2.24, 2.45) is 5.92 Å². The molecule has 5 aromatic rings. The number of benzene rings is 2. The lowest BCUT2D eigenvalue weighted by Crippen LogP contribution is -2.18. The number of anilines is 3. The molecule has 6 rings (SSSR count). The maximum atomic E-state index is 15.5. The highest BCUT2D eigenvalue weighted by Crippen LogP contribution is 2.43. The molecule has 8 heteroatoms. The lowest BCUT2D eigenvalue weighted by molar-refractivity contribution is 0.291. The first-order valence-electron chi connectivity index (χ1n) is 12.9. The predicted octanol–water partition coefficient (Wildman–Crippen LogP) is 7.53. The first kappa shape index (κ1) is 23.5. The van der Waals surface area contributed by atoms with E-state index in [0.717, 1.165) is 63.5 Å². The first-order chi connectivity index (χ1) is 17.9.